The van der Waals surface area contributed by atoms with Gasteiger partial charge in [-0.25, -0.2) is 8.42 Å². The molecule has 7 heteroatoms. The third-order valence-electron chi connectivity index (χ3n) is 1.92. The van der Waals surface area contributed by atoms with Crippen molar-refractivity contribution >= 4 is 27.5 Å². The number of amides is 1. The molecule has 1 atom stereocenters. The molecule has 0 aromatic carbocycles. The van der Waals surface area contributed by atoms with Gasteiger partial charge in [-0.1, -0.05) is 0 Å². The van der Waals surface area contributed by atoms with Gasteiger partial charge in [0.1, 0.15) is 0 Å². The second-order valence-electron chi connectivity index (χ2n) is 3.75. The van der Waals surface area contributed by atoms with Gasteiger partial charge in [0.25, 0.3) is 0 Å². The third kappa shape index (κ3) is 10.3. The number of carbonyl (C=O) groups is 1. The van der Waals surface area contributed by atoms with Gasteiger partial charge in [0.05, 0.1) is 11.5 Å². The Morgan fingerprint density at radius 3 is 2.44 bits per heavy atom. The Morgan fingerprint density at radius 2 is 1.94 bits per heavy atom. The van der Waals surface area contributed by atoms with Gasteiger partial charge in [0.2, 0.25) is 5.91 Å². The Morgan fingerprint density at radius 1 is 1.31 bits per heavy atom. The number of rotatable bonds is 9. The molecule has 0 saturated heterocycles. The molecule has 0 aliphatic carbocycles. The van der Waals surface area contributed by atoms with E-state index in [1.54, 1.807) is 11.8 Å². The SMILES string of the molecule is CC(N)CCSCCS(=O)(=O)CCC(N)=O. The normalized spacial score (nSPS) is 13.6. The molecule has 0 saturated carbocycles. The molecule has 0 rings (SSSR count). The summed E-state index contributed by atoms with van der Waals surface area (Å²) in [4.78, 5) is 10.4. The van der Waals surface area contributed by atoms with Crippen LogP contribution in [0.25, 0.3) is 0 Å². The highest BCUT2D eigenvalue weighted by atomic mass is 32.2. The van der Waals surface area contributed by atoms with E-state index < -0.39 is 15.7 Å². The lowest BCUT2D eigenvalue weighted by molar-refractivity contribution is -0.117. The van der Waals surface area contributed by atoms with Gasteiger partial charge in [-0.3, -0.25) is 4.79 Å². The number of carbonyl (C=O) groups excluding carboxylic acids is 1. The number of thioether (sulfide) groups is 1. The van der Waals surface area contributed by atoms with Crippen LogP contribution < -0.4 is 11.5 Å². The molecule has 0 fully saturated rings. The Balaban J connectivity index is 3.62. The maximum absolute atomic E-state index is 11.4. The van der Waals surface area contributed by atoms with Crippen LogP contribution in [0.3, 0.4) is 0 Å². The van der Waals surface area contributed by atoms with E-state index in [2.05, 4.69) is 0 Å². The lowest BCUT2D eigenvalue weighted by Crippen LogP contribution is -2.20. The highest BCUT2D eigenvalue weighted by Crippen LogP contribution is 2.06. The predicted molar refractivity (Wildman–Crippen MR) is 68.1 cm³/mol. The molecule has 0 spiro atoms. The second-order valence-corrected chi connectivity index (χ2v) is 7.27. The molecule has 1 amide bonds. The summed E-state index contributed by atoms with van der Waals surface area (Å²) in [5, 5.41) is 0. The molecular weight excluding hydrogens is 248 g/mol. The average Bonchev–Trinajstić information content (AvgIpc) is 2.14. The van der Waals surface area contributed by atoms with E-state index in [0.29, 0.717) is 5.75 Å². The molecule has 0 heterocycles. The van der Waals surface area contributed by atoms with Gasteiger partial charge in [0.15, 0.2) is 9.84 Å². The quantitative estimate of drug-likeness (QED) is 0.561. The molecule has 0 aromatic rings. The van der Waals surface area contributed by atoms with Crippen molar-refractivity contribution in [3.8, 4) is 0 Å². The zero-order valence-corrected chi connectivity index (χ0v) is 11.1. The van der Waals surface area contributed by atoms with E-state index in [1.807, 2.05) is 6.92 Å². The topological polar surface area (TPSA) is 103 Å². The first-order chi connectivity index (χ1) is 7.33. The van der Waals surface area contributed by atoms with Crippen molar-refractivity contribution in [3.63, 3.8) is 0 Å². The van der Waals surface area contributed by atoms with Crippen LogP contribution >= 0.6 is 11.8 Å². The summed E-state index contributed by atoms with van der Waals surface area (Å²) in [5.41, 5.74) is 10.4. The minimum absolute atomic E-state index is 0.0904. The van der Waals surface area contributed by atoms with E-state index in [1.165, 1.54) is 0 Å². The highest BCUT2D eigenvalue weighted by Gasteiger charge is 2.11. The third-order valence-corrected chi connectivity index (χ3v) is 4.84. The smallest absolute Gasteiger partial charge is 0.218 e. The zero-order chi connectivity index (χ0) is 12.6. The van der Waals surface area contributed by atoms with Gasteiger partial charge in [-0.2, -0.15) is 11.8 Å². The summed E-state index contributed by atoms with van der Waals surface area (Å²) in [6.45, 7) is 1.92. The Hall–Kier alpha value is -0.270. The van der Waals surface area contributed by atoms with Gasteiger partial charge in [-0.05, 0) is 19.1 Å². The van der Waals surface area contributed by atoms with Gasteiger partial charge in [-0.15, -0.1) is 0 Å². The zero-order valence-electron chi connectivity index (χ0n) is 9.52. The Labute approximate surface area is 101 Å². The second kappa shape index (κ2) is 7.92. The van der Waals surface area contributed by atoms with Crippen LogP contribution in [-0.2, 0) is 14.6 Å². The predicted octanol–water partition coefficient (Wildman–Crippen LogP) is -0.253. The van der Waals surface area contributed by atoms with Crippen LogP contribution in [0.1, 0.15) is 19.8 Å². The fourth-order valence-electron chi connectivity index (χ4n) is 0.915. The van der Waals surface area contributed by atoms with Crippen molar-refractivity contribution in [2.24, 2.45) is 11.5 Å². The van der Waals surface area contributed by atoms with E-state index >= 15 is 0 Å². The van der Waals surface area contributed by atoms with Crippen LogP contribution in [0.2, 0.25) is 0 Å². The average molecular weight is 268 g/mol. The maximum atomic E-state index is 11.4. The first-order valence-electron chi connectivity index (χ1n) is 5.15. The number of hydrogen-bond donors (Lipinski definition) is 2. The Bertz CT molecular complexity index is 302. The van der Waals surface area contributed by atoms with Crippen LogP contribution in [0.15, 0.2) is 0 Å². The molecular formula is C9H20N2O3S2. The Kier molecular flexibility index (Phi) is 7.78. The number of hydrogen-bond acceptors (Lipinski definition) is 5. The van der Waals surface area contributed by atoms with Crippen molar-refractivity contribution in [1.82, 2.24) is 0 Å². The summed E-state index contributed by atoms with van der Waals surface area (Å²) in [5.74, 6) is 0.796. The van der Waals surface area contributed by atoms with E-state index in [-0.39, 0.29) is 24.0 Å². The number of sulfone groups is 1. The molecule has 0 aliphatic heterocycles. The van der Waals surface area contributed by atoms with Crippen molar-refractivity contribution < 1.29 is 13.2 Å². The first-order valence-corrected chi connectivity index (χ1v) is 8.13. The molecule has 16 heavy (non-hydrogen) atoms. The van der Waals surface area contributed by atoms with Gasteiger partial charge in [0, 0.05) is 18.2 Å². The standard InChI is InChI=1S/C9H20N2O3S2/c1-8(10)2-4-15-5-7-16(13,14)6-3-9(11)12/h8H,2-7,10H2,1H3,(H2,11,12). The van der Waals surface area contributed by atoms with Crippen molar-refractivity contribution in [1.29, 1.82) is 0 Å². The lowest BCUT2D eigenvalue weighted by atomic mass is 10.3. The van der Waals surface area contributed by atoms with Crippen molar-refractivity contribution in [3.05, 3.63) is 0 Å². The molecule has 0 aromatic heterocycles. The first kappa shape index (κ1) is 15.7. The maximum Gasteiger partial charge on any atom is 0.218 e. The summed E-state index contributed by atoms with van der Waals surface area (Å²) in [7, 11) is -3.13. The molecule has 0 bridgehead atoms. The molecule has 1 unspecified atom stereocenters. The van der Waals surface area contributed by atoms with Crippen LogP contribution in [-0.4, -0.2) is 43.4 Å². The van der Waals surface area contributed by atoms with E-state index in [0.717, 1.165) is 12.2 Å². The molecule has 5 nitrogen and oxygen atoms in total. The van der Waals surface area contributed by atoms with Crippen LogP contribution in [0.5, 0.6) is 0 Å². The minimum Gasteiger partial charge on any atom is -0.370 e. The molecule has 4 N–H and O–H groups in total. The minimum atomic E-state index is -3.13. The summed E-state index contributed by atoms with van der Waals surface area (Å²) >= 11 is 1.57. The summed E-state index contributed by atoms with van der Waals surface area (Å²) in [6, 6.07) is 0.152. The highest BCUT2D eigenvalue weighted by molar-refractivity contribution is 8.00. The molecule has 96 valence electrons. The fourth-order valence-corrected chi connectivity index (χ4v) is 3.86. The largest absolute Gasteiger partial charge is 0.370 e. The van der Waals surface area contributed by atoms with Crippen LogP contribution in [0.4, 0.5) is 0 Å². The van der Waals surface area contributed by atoms with E-state index in [4.69, 9.17) is 11.5 Å². The number of nitrogens with two attached hydrogens (primary N) is 2. The monoisotopic (exact) mass is 268 g/mol. The van der Waals surface area contributed by atoms with Crippen molar-refractivity contribution in [2.45, 2.75) is 25.8 Å². The van der Waals surface area contributed by atoms with Gasteiger partial charge >= 0.3 is 0 Å². The van der Waals surface area contributed by atoms with Gasteiger partial charge < -0.3 is 11.5 Å². The summed E-state index contributed by atoms with van der Waals surface area (Å²) < 4.78 is 22.8. The lowest BCUT2D eigenvalue weighted by Gasteiger charge is -2.05. The molecule has 0 radical (unpaired) electrons. The molecule has 0 aliphatic rings. The van der Waals surface area contributed by atoms with Crippen LogP contribution in [0, 0.1) is 0 Å². The fraction of sp³-hybridized carbons (Fsp3) is 0.889. The van der Waals surface area contributed by atoms with Crippen molar-refractivity contribution in [2.75, 3.05) is 23.0 Å². The van der Waals surface area contributed by atoms with E-state index in [9.17, 15) is 13.2 Å². The summed E-state index contributed by atoms with van der Waals surface area (Å²) in [6.07, 6.45) is 0.791. The number of primary amides is 1.